The van der Waals surface area contributed by atoms with E-state index >= 15 is 0 Å². The summed E-state index contributed by atoms with van der Waals surface area (Å²) < 4.78 is 0. The monoisotopic (exact) mass is 789 g/mol. The van der Waals surface area contributed by atoms with Crippen LogP contribution >= 0.6 is 0 Å². The summed E-state index contributed by atoms with van der Waals surface area (Å²) >= 11 is 0. The van der Waals surface area contributed by atoms with Crippen molar-refractivity contribution in [3.8, 4) is 89.8 Å². The average molecular weight is 790 g/mol. The molecule has 0 unspecified atom stereocenters. The Morgan fingerprint density at radius 2 is 0.629 bits per heavy atom. The Kier molecular flexibility index (Phi) is 9.53. The fourth-order valence-corrected chi connectivity index (χ4v) is 8.53. The van der Waals surface area contributed by atoms with Crippen molar-refractivity contribution >= 4 is 21.5 Å². The first-order valence-corrected chi connectivity index (χ1v) is 21.0. The van der Waals surface area contributed by atoms with Gasteiger partial charge in [-0.1, -0.05) is 206 Å². The molecule has 0 radical (unpaired) electrons. The predicted molar refractivity (Wildman–Crippen MR) is 258 cm³/mol. The van der Waals surface area contributed by atoms with E-state index in [0.29, 0.717) is 17.5 Å². The first kappa shape index (κ1) is 36.8. The van der Waals surface area contributed by atoms with Crippen LogP contribution in [0.1, 0.15) is 0 Å². The van der Waals surface area contributed by atoms with Crippen LogP contribution < -0.4 is 0 Å². The molecule has 0 N–H and O–H groups in total. The van der Waals surface area contributed by atoms with E-state index < -0.39 is 0 Å². The molecule has 0 aliphatic heterocycles. The molecule has 0 aliphatic carbocycles. The van der Waals surface area contributed by atoms with Crippen LogP contribution in [0.2, 0.25) is 0 Å². The molecule has 62 heavy (non-hydrogen) atoms. The van der Waals surface area contributed by atoms with Gasteiger partial charge in [0.15, 0.2) is 17.5 Å². The van der Waals surface area contributed by atoms with Crippen LogP contribution in [0.15, 0.2) is 237 Å². The van der Waals surface area contributed by atoms with Crippen LogP contribution in [0.4, 0.5) is 0 Å². The van der Waals surface area contributed by atoms with Gasteiger partial charge in [0, 0.05) is 16.7 Å². The second kappa shape index (κ2) is 16.1. The number of fused-ring (bicyclic) bond motifs is 2. The smallest absolute Gasteiger partial charge is 0.164 e. The van der Waals surface area contributed by atoms with E-state index in [1.54, 1.807) is 0 Å². The Labute approximate surface area is 361 Å². The quantitative estimate of drug-likeness (QED) is 0.154. The molecule has 0 spiro atoms. The first-order chi connectivity index (χ1) is 30.7. The fraction of sp³-hybridized carbons (Fsp3) is 0. The third-order valence-electron chi connectivity index (χ3n) is 11.7. The van der Waals surface area contributed by atoms with E-state index in [9.17, 15) is 0 Å². The van der Waals surface area contributed by atoms with Crippen molar-refractivity contribution in [2.75, 3.05) is 0 Å². The molecule has 3 nitrogen and oxygen atoms in total. The maximum Gasteiger partial charge on any atom is 0.164 e. The molecule has 0 amide bonds. The molecular weight excluding hydrogens is 751 g/mol. The SMILES string of the molecule is c1ccc(-c2cc(-c3ccccc3)cc(-c3ccc(-c4ccc(-c5nc(-c6ccccc6)nc(-c6ccc7ccccc7c6)n5)cc4-c4cccc5ccccc45)cc3)c2)cc1. The van der Waals surface area contributed by atoms with Crippen molar-refractivity contribution in [1.29, 1.82) is 0 Å². The van der Waals surface area contributed by atoms with Crippen LogP contribution in [0.3, 0.4) is 0 Å². The number of nitrogens with zero attached hydrogens (tertiary/aromatic N) is 3. The largest absolute Gasteiger partial charge is 0.208 e. The van der Waals surface area contributed by atoms with Gasteiger partial charge in [0.25, 0.3) is 0 Å². The normalized spacial score (nSPS) is 11.2. The zero-order chi connectivity index (χ0) is 41.2. The summed E-state index contributed by atoms with van der Waals surface area (Å²) in [4.78, 5) is 15.4. The lowest BCUT2D eigenvalue weighted by Crippen LogP contribution is -2.00. The Morgan fingerprint density at radius 1 is 0.194 bits per heavy atom. The van der Waals surface area contributed by atoms with Gasteiger partial charge in [-0.25, -0.2) is 15.0 Å². The second-order valence-electron chi connectivity index (χ2n) is 15.6. The maximum absolute atomic E-state index is 5.19. The third kappa shape index (κ3) is 7.23. The van der Waals surface area contributed by atoms with E-state index in [2.05, 4.69) is 218 Å². The Bertz CT molecular complexity index is 3320. The highest BCUT2D eigenvalue weighted by atomic mass is 15.0. The lowest BCUT2D eigenvalue weighted by atomic mass is 9.89. The van der Waals surface area contributed by atoms with Crippen molar-refractivity contribution < 1.29 is 0 Å². The van der Waals surface area contributed by atoms with E-state index in [4.69, 9.17) is 15.0 Å². The summed E-state index contributed by atoms with van der Waals surface area (Å²) in [6.45, 7) is 0. The van der Waals surface area contributed by atoms with Crippen molar-refractivity contribution in [2.24, 2.45) is 0 Å². The van der Waals surface area contributed by atoms with Crippen molar-refractivity contribution in [2.45, 2.75) is 0 Å². The predicted octanol–water partition coefficient (Wildman–Crippen LogP) is 15.5. The van der Waals surface area contributed by atoms with Gasteiger partial charge in [-0.15, -0.1) is 0 Å². The lowest BCUT2D eigenvalue weighted by Gasteiger charge is -2.16. The molecule has 10 aromatic carbocycles. The van der Waals surface area contributed by atoms with Gasteiger partial charge in [0.2, 0.25) is 0 Å². The molecular formula is C59H39N3. The van der Waals surface area contributed by atoms with Crippen LogP contribution in [0, 0.1) is 0 Å². The van der Waals surface area contributed by atoms with E-state index in [1.165, 1.54) is 44.0 Å². The standard InChI is InChI=1S/C59H39N3/c1-4-15-40(16-5-1)50-36-51(41-17-6-2-7-18-41)38-52(37-50)43-27-30-45(31-28-43)54-34-33-49(39-56(54)55-26-14-24-44-20-12-13-25-53(44)55)59-61-57(46-21-8-3-9-22-46)60-58(62-59)48-32-29-42-19-10-11-23-47(42)35-48/h1-39H. The van der Waals surface area contributed by atoms with Gasteiger partial charge in [0.05, 0.1) is 0 Å². The van der Waals surface area contributed by atoms with Crippen LogP contribution in [-0.2, 0) is 0 Å². The molecule has 0 saturated carbocycles. The molecule has 0 atom stereocenters. The number of benzene rings is 10. The van der Waals surface area contributed by atoms with Crippen LogP contribution in [0.5, 0.6) is 0 Å². The van der Waals surface area contributed by atoms with E-state index in [0.717, 1.165) is 49.9 Å². The molecule has 0 bridgehead atoms. The minimum atomic E-state index is 0.623. The fourth-order valence-electron chi connectivity index (χ4n) is 8.53. The number of hydrogen-bond donors (Lipinski definition) is 0. The highest BCUT2D eigenvalue weighted by Gasteiger charge is 2.17. The van der Waals surface area contributed by atoms with Crippen molar-refractivity contribution in [3.63, 3.8) is 0 Å². The molecule has 1 heterocycles. The van der Waals surface area contributed by atoms with Gasteiger partial charge in [-0.3, -0.25) is 0 Å². The van der Waals surface area contributed by atoms with Crippen LogP contribution in [0.25, 0.3) is 111 Å². The van der Waals surface area contributed by atoms with Crippen LogP contribution in [-0.4, -0.2) is 15.0 Å². The summed E-state index contributed by atoms with van der Waals surface area (Å²) in [7, 11) is 0. The second-order valence-corrected chi connectivity index (χ2v) is 15.6. The molecule has 0 aliphatic rings. The summed E-state index contributed by atoms with van der Waals surface area (Å²) in [6.07, 6.45) is 0. The molecule has 3 heteroatoms. The Morgan fingerprint density at radius 3 is 1.26 bits per heavy atom. The molecule has 1 aromatic heterocycles. The number of hydrogen-bond acceptors (Lipinski definition) is 3. The molecule has 0 saturated heterocycles. The third-order valence-corrected chi connectivity index (χ3v) is 11.7. The molecule has 0 fully saturated rings. The van der Waals surface area contributed by atoms with Gasteiger partial charge in [-0.05, 0) is 108 Å². The summed E-state index contributed by atoms with van der Waals surface area (Å²) in [6, 6.07) is 83.9. The van der Waals surface area contributed by atoms with Crippen molar-refractivity contribution in [1.82, 2.24) is 15.0 Å². The highest BCUT2D eigenvalue weighted by Crippen LogP contribution is 2.40. The van der Waals surface area contributed by atoms with Crippen molar-refractivity contribution in [3.05, 3.63) is 237 Å². The van der Waals surface area contributed by atoms with Gasteiger partial charge in [-0.2, -0.15) is 0 Å². The summed E-state index contributed by atoms with van der Waals surface area (Å²) in [5, 5.41) is 4.69. The highest BCUT2D eigenvalue weighted by molar-refractivity contribution is 6.01. The topological polar surface area (TPSA) is 38.7 Å². The first-order valence-electron chi connectivity index (χ1n) is 21.0. The molecule has 290 valence electrons. The van der Waals surface area contributed by atoms with Gasteiger partial charge in [0.1, 0.15) is 0 Å². The molecule has 11 rings (SSSR count). The van der Waals surface area contributed by atoms with E-state index in [1.807, 2.05) is 18.2 Å². The average Bonchev–Trinajstić information content (AvgIpc) is 3.36. The zero-order valence-corrected chi connectivity index (χ0v) is 33.9. The minimum Gasteiger partial charge on any atom is -0.208 e. The Balaban J connectivity index is 1.05. The summed E-state index contributed by atoms with van der Waals surface area (Å²) in [5.74, 6) is 1.90. The number of aromatic nitrogens is 3. The lowest BCUT2D eigenvalue weighted by molar-refractivity contribution is 1.07. The maximum atomic E-state index is 5.19. The Hall–Kier alpha value is -8.27. The number of rotatable bonds is 8. The van der Waals surface area contributed by atoms with Gasteiger partial charge < -0.3 is 0 Å². The van der Waals surface area contributed by atoms with E-state index in [-0.39, 0.29) is 0 Å². The zero-order valence-electron chi connectivity index (χ0n) is 33.9. The minimum absolute atomic E-state index is 0.623. The van der Waals surface area contributed by atoms with Gasteiger partial charge >= 0.3 is 0 Å². The summed E-state index contributed by atoms with van der Waals surface area (Å²) in [5.41, 5.74) is 14.4. The molecule has 11 aromatic rings.